The van der Waals surface area contributed by atoms with E-state index in [1.807, 2.05) is 16.8 Å². The Hall–Kier alpha value is -1.29. The van der Waals surface area contributed by atoms with Crippen molar-refractivity contribution in [1.82, 2.24) is 14.6 Å². The highest BCUT2D eigenvalue weighted by Gasteiger charge is 2.17. The molecule has 2 aromatic rings. The van der Waals surface area contributed by atoms with Crippen molar-refractivity contribution in [1.29, 1.82) is 0 Å². The molecule has 0 spiro atoms. The fourth-order valence-electron chi connectivity index (χ4n) is 1.66. The molecule has 0 aromatic carbocycles. The predicted octanol–water partition coefficient (Wildman–Crippen LogP) is 2.80. The van der Waals surface area contributed by atoms with E-state index >= 15 is 0 Å². The zero-order valence-corrected chi connectivity index (χ0v) is 10.9. The number of rotatable bonds is 5. The summed E-state index contributed by atoms with van der Waals surface area (Å²) in [6, 6.07) is 1.95. The number of aromatic nitrogens is 3. The van der Waals surface area contributed by atoms with Gasteiger partial charge >= 0.3 is 0 Å². The maximum Gasteiger partial charge on any atom is 0.152 e. The first-order valence-corrected chi connectivity index (χ1v) is 6.24. The van der Waals surface area contributed by atoms with Crippen molar-refractivity contribution in [3.05, 3.63) is 24.7 Å². The third kappa shape index (κ3) is 2.88. The fourth-order valence-corrected chi connectivity index (χ4v) is 2.17. The quantitative estimate of drug-likeness (QED) is 0.832. The SMILES string of the molecule is CC(C)(CCCl)CNc1nccn2nccc12. The Bertz CT molecular complexity index is 492. The predicted molar refractivity (Wildman–Crippen MR) is 70.6 cm³/mol. The lowest BCUT2D eigenvalue weighted by Gasteiger charge is -2.24. The van der Waals surface area contributed by atoms with Crippen LogP contribution in [0, 0.1) is 5.41 Å². The highest BCUT2D eigenvalue weighted by Crippen LogP contribution is 2.22. The molecular weight excluding hydrogens is 236 g/mol. The van der Waals surface area contributed by atoms with Crippen molar-refractivity contribution in [3.8, 4) is 0 Å². The summed E-state index contributed by atoms with van der Waals surface area (Å²) in [5.74, 6) is 1.55. The topological polar surface area (TPSA) is 42.2 Å². The summed E-state index contributed by atoms with van der Waals surface area (Å²) in [4.78, 5) is 4.34. The first-order valence-electron chi connectivity index (χ1n) is 5.71. The molecule has 17 heavy (non-hydrogen) atoms. The third-order valence-electron chi connectivity index (χ3n) is 2.83. The number of halogens is 1. The van der Waals surface area contributed by atoms with E-state index in [9.17, 15) is 0 Å². The third-order valence-corrected chi connectivity index (χ3v) is 3.02. The summed E-state index contributed by atoms with van der Waals surface area (Å²) >= 11 is 5.79. The summed E-state index contributed by atoms with van der Waals surface area (Å²) < 4.78 is 1.81. The number of hydrogen-bond donors (Lipinski definition) is 1. The van der Waals surface area contributed by atoms with Crippen LogP contribution >= 0.6 is 11.6 Å². The van der Waals surface area contributed by atoms with Crippen LogP contribution < -0.4 is 5.32 Å². The monoisotopic (exact) mass is 252 g/mol. The van der Waals surface area contributed by atoms with E-state index < -0.39 is 0 Å². The molecule has 92 valence electrons. The Morgan fingerprint density at radius 2 is 2.24 bits per heavy atom. The molecule has 2 heterocycles. The number of anilines is 1. The fraction of sp³-hybridized carbons (Fsp3) is 0.500. The van der Waals surface area contributed by atoms with Crippen molar-refractivity contribution < 1.29 is 0 Å². The van der Waals surface area contributed by atoms with Crippen LogP contribution in [0.5, 0.6) is 0 Å². The average molecular weight is 253 g/mol. The van der Waals surface area contributed by atoms with Crippen molar-refractivity contribution in [3.63, 3.8) is 0 Å². The first kappa shape index (κ1) is 12.2. The molecule has 0 unspecified atom stereocenters. The van der Waals surface area contributed by atoms with E-state index in [1.165, 1.54) is 0 Å². The molecule has 4 nitrogen and oxygen atoms in total. The smallest absolute Gasteiger partial charge is 0.152 e. The summed E-state index contributed by atoms with van der Waals surface area (Å²) in [5, 5.41) is 7.54. The van der Waals surface area contributed by atoms with Crippen LogP contribution in [0.2, 0.25) is 0 Å². The Morgan fingerprint density at radius 3 is 3.00 bits per heavy atom. The van der Waals surface area contributed by atoms with Gasteiger partial charge in [0.15, 0.2) is 5.82 Å². The normalized spacial score (nSPS) is 11.9. The van der Waals surface area contributed by atoms with Gasteiger partial charge in [-0.1, -0.05) is 13.8 Å². The second-order valence-electron chi connectivity index (χ2n) is 4.89. The van der Waals surface area contributed by atoms with E-state index in [1.54, 1.807) is 12.4 Å². The molecule has 0 aliphatic rings. The van der Waals surface area contributed by atoms with Crippen LogP contribution in [-0.4, -0.2) is 27.0 Å². The molecule has 0 radical (unpaired) electrons. The molecule has 2 rings (SSSR count). The van der Waals surface area contributed by atoms with E-state index in [-0.39, 0.29) is 5.41 Å². The zero-order valence-electron chi connectivity index (χ0n) is 10.2. The number of nitrogens with zero attached hydrogens (tertiary/aromatic N) is 3. The zero-order chi connectivity index (χ0) is 12.3. The lowest BCUT2D eigenvalue weighted by atomic mass is 9.90. The average Bonchev–Trinajstić information content (AvgIpc) is 2.74. The van der Waals surface area contributed by atoms with Gasteiger partial charge in [-0.05, 0) is 17.9 Å². The van der Waals surface area contributed by atoms with Crippen molar-refractivity contribution in [2.24, 2.45) is 5.41 Å². The van der Waals surface area contributed by atoms with Gasteiger partial charge in [-0.3, -0.25) is 0 Å². The van der Waals surface area contributed by atoms with Gasteiger partial charge in [-0.2, -0.15) is 5.10 Å². The maximum absolute atomic E-state index is 5.79. The molecule has 1 N–H and O–H groups in total. The summed E-state index contributed by atoms with van der Waals surface area (Å²) in [7, 11) is 0. The molecule has 0 saturated heterocycles. The maximum atomic E-state index is 5.79. The summed E-state index contributed by atoms with van der Waals surface area (Å²) in [6.45, 7) is 5.23. The Morgan fingerprint density at radius 1 is 1.41 bits per heavy atom. The highest BCUT2D eigenvalue weighted by atomic mass is 35.5. The summed E-state index contributed by atoms with van der Waals surface area (Å²) in [6.07, 6.45) is 6.33. The molecule has 5 heteroatoms. The molecule has 0 saturated carbocycles. The molecule has 0 bridgehead atoms. The standard InChI is InChI=1S/C12H17ClN4/c1-12(2,4-5-13)9-15-11-10-3-6-16-17(10)8-7-14-11/h3,6-8H,4-5,9H2,1-2H3,(H,14,15). The second-order valence-corrected chi connectivity index (χ2v) is 5.27. The Labute approximate surface area is 106 Å². The van der Waals surface area contributed by atoms with Crippen LogP contribution in [0.3, 0.4) is 0 Å². The Kier molecular flexibility index (Phi) is 3.52. The summed E-state index contributed by atoms with van der Waals surface area (Å²) in [5.41, 5.74) is 1.16. The molecular formula is C12H17ClN4. The van der Waals surface area contributed by atoms with Crippen LogP contribution in [-0.2, 0) is 0 Å². The van der Waals surface area contributed by atoms with Gasteiger partial charge in [-0.25, -0.2) is 9.50 Å². The molecule has 0 amide bonds. The van der Waals surface area contributed by atoms with Gasteiger partial charge in [0.05, 0.1) is 6.20 Å². The molecule has 0 aliphatic carbocycles. The number of alkyl halides is 1. The van der Waals surface area contributed by atoms with Gasteiger partial charge in [0, 0.05) is 24.8 Å². The highest BCUT2D eigenvalue weighted by molar-refractivity contribution is 6.17. The first-order chi connectivity index (χ1) is 8.12. The van der Waals surface area contributed by atoms with Gasteiger partial charge < -0.3 is 5.32 Å². The molecule has 0 aliphatic heterocycles. The largest absolute Gasteiger partial charge is 0.368 e. The van der Waals surface area contributed by atoms with E-state index in [4.69, 9.17) is 11.6 Å². The van der Waals surface area contributed by atoms with E-state index in [0.29, 0.717) is 5.88 Å². The van der Waals surface area contributed by atoms with Crippen LogP contribution in [0.4, 0.5) is 5.82 Å². The van der Waals surface area contributed by atoms with Gasteiger partial charge in [-0.15, -0.1) is 11.6 Å². The van der Waals surface area contributed by atoms with Crippen molar-refractivity contribution >= 4 is 22.9 Å². The minimum atomic E-state index is 0.163. The minimum Gasteiger partial charge on any atom is -0.368 e. The lowest BCUT2D eigenvalue weighted by molar-refractivity contribution is 0.379. The van der Waals surface area contributed by atoms with Crippen LogP contribution in [0.1, 0.15) is 20.3 Å². The van der Waals surface area contributed by atoms with Crippen LogP contribution in [0.25, 0.3) is 5.52 Å². The van der Waals surface area contributed by atoms with Gasteiger partial charge in [0.25, 0.3) is 0 Å². The van der Waals surface area contributed by atoms with E-state index in [0.717, 1.165) is 24.3 Å². The lowest BCUT2D eigenvalue weighted by Crippen LogP contribution is -2.24. The second kappa shape index (κ2) is 4.92. The molecule has 0 atom stereocenters. The Balaban J connectivity index is 2.11. The number of hydrogen-bond acceptors (Lipinski definition) is 3. The number of nitrogens with one attached hydrogen (secondary N) is 1. The minimum absolute atomic E-state index is 0.163. The van der Waals surface area contributed by atoms with Gasteiger partial charge in [0.1, 0.15) is 5.52 Å². The van der Waals surface area contributed by atoms with Gasteiger partial charge in [0.2, 0.25) is 0 Å². The van der Waals surface area contributed by atoms with E-state index in [2.05, 4.69) is 29.2 Å². The van der Waals surface area contributed by atoms with Crippen molar-refractivity contribution in [2.75, 3.05) is 17.7 Å². The number of fused-ring (bicyclic) bond motifs is 1. The molecule has 2 aromatic heterocycles. The van der Waals surface area contributed by atoms with Crippen molar-refractivity contribution in [2.45, 2.75) is 20.3 Å². The molecule has 0 fully saturated rings. The van der Waals surface area contributed by atoms with Crippen LogP contribution in [0.15, 0.2) is 24.7 Å².